The summed E-state index contributed by atoms with van der Waals surface area (Å²) in [6.07, 6.45) is 1.12. The summed E-state index contributed by atoms with van der Waals surface area (Å²) < 4.78 is 37.5. The van der Waals surface area contributed by atoms with Crippen LogP contribution in [0.4, 0.5) is 13.6 Å². The van der Waals surface area contributed by atoms with E-state index in [2.05, 4.69) is 20.8 Å². The summed E-state index contributed by atoms with van der Waals surface area (Å²) in [6.45, 7) is 3.55. The van der Waals surface area contributed by atoms with E-state index in [-0.39, 0.29) is 18.2 Å². The second-order valence-electron chi connectivity index (χ2n) is 7.94. The van der Waals surface area contributed by atoms with E-state index in [1.807, 2.05) is 0 Å². The van der Waals surface area contributed by atoms with Gasteiger partial charge >= 0.3 is 6.03 Å². The molecule has 1 aromatic heterocycles. The summed E-state index contributed by atoms with van der Waals surface area (Å²) in [5.74, 6) is -4.29. The minimum absolute atomic E-state index is 0.179. The number of hydrogen-bond acceptors (Lipinski definition) is 7. The largest absolute Gasteiger partial charge is 0.378 e. The molecule has 2 heterocycles. The van der Waals surface area contributed by atoms with Gasteiger partial charge in [0.15, 0.2) is 5.82 Å². The van der Waals surface area contributed by atoms with Crippen molar-refractivity contribution in [1.82, 2.24) is 25.7 Å². The van der Waals surface area contributed by atoms with Gasteiger partial charge in [-0.1, -0.05) is 12.1 Å². The molecule has 0 bridgehead atoms. The molecule has 0 aromatic carbocycles. The average molecular weight is 443 g/mol. The number of halogens is 2. The summed E-state index contributed by atoms with van der Waals surface area (Å²) in [6, 6.07) is -3.21. The van der Waals surface area contributed by atoms with Crippen molar-refractivity contribution in [2.75, 3.05) is 26.3 Å². The number of Topliss-reactive ketones (excluding diaryl/α,β-unsaturated/α-hetero) is 1. The van der Waals surface area contributed by atoms with E-state index in [4.69, 9.17) is 9.26 Å². The molecule has 0 radical (unpaired) electrons. The molecule has 2 fully saturated rings. The summed E-state index contributed by atoms with van der Waals surface area (Å²) in [7, 11) is 0. The van der Waals surface area contributed by atoms with Gasteiger partial charge in [-0.05, 0) is 26.2 Å². The molecule has 1 saturated heterocycles. The third kappa shape index (κ3) is 6.42. The summed E-state index contributed by atoms with van der Waals surface area (Å²) in [4.78, 5) is 43.3. The van der Waals surface area contributed by atoms with E-state index >= 15 is 0 Å². The number of morpholine rings is 1. The number of carbonyl (C=O) groups is 3. The quantitative estimate of drug-likeness (QED) is 0.554. The standard InChI is InChI=1S/C19H27F2N5O5/c1-3-12(14(27)17-24-15(25-31-17)11-4-5-11)22-16(28)13(10-19(2,20)21)23-18(29)26-6-8-30-9-7-26/h11-13H,3-10H2,1-2H3,(H,22,28)(H,23,29)/t12-,13-/m0/s1. The third-order valence-electron chi connectivity index (χ3n) is 5.11. The van der Waals surface area contributed by atoms with Crippen molar-refractivity contribution in [2.45, 2.75) is 63.5 Å². The van der Waals surface area contributed by atoms with Crippen molar-refractivity contribution in [3.05, 3.63) is 11.7 Å². The average Bonchev–Trinajstić information content (AvgIpc) is 3.47. The number of nitrogens with zero attached hydrogens (tertiary/aromatic N) is 3. The van der Waals surface area contributed by atoms with Gasteiger partial charge in [0.25, 0.3) is 5.89 Å². The zero-order valence-electron chi connectivity index (χ0n) is 17.5. The Labute approximate surface area is 178 Å². The Morgan fingerprint density at radius 3 is 2.45 bits per heavy atom. The molecule has 10 nitrogen and oxygen atoms in total. The Morgan fingerprint density at radius 1 is 1.19 bits per heavy atom. The molecule has 31 heavy (non-hydrogen) atoms. The molecule has 1 saturated carbocycles. The molecule has 2 aliphatic rings. The highest BCUT2D eigenvalue weighted by Crippen LogP contribution is 2.38. The van der Waals surface area contributed by atoms with Crippen LogP contribution in [0, 0.1) is 0 Å². The summed E-state index contributed by atoms with van der Waals surface area (Å²) in [5.41, 5.74) is 0. The Hall–Kier alpha value is -2.63. The maximum Gasteiger partial charge on any atom is 0.318 e. The molecule has 2 N–H and O–H groups in total. The number of ether oxygens (including phenoxy) is 1. The fourth-order valence-electron chi connectivity index (χ4n) is 3.19. The first kappa shape index (κ1) is 23.0. The first-order valence-corrected chi connectivity index (χ1v) is 10.4. The highest BCUT2D eigenvalue weighted by atomic mass is 19.3. The van der Waals surface area contributed by atoms with E-state index in [9.17, 15) is 23.2 Å². The topological polar surface area (TPSA) is 127 Å². The first-order chi connectivity index (χ1) is 14.7. The van der Waals surface area contributed by atoms with Crippen LogP contribution in [-0.4, -0.2) is 77.1 Å². The van der Waals surface area contributed by atoms with Crippen LogP contribution in [0.25, 0.3) is 0 Å². The Kier molecular flexibility index (Phi) is 7.19. The van der Waals surface area contributed by atoms with E-state index in [0.29, 0.717) is 39.1 Å². The molecule has 2 atom stereocenters. The molecule has 0 unspecified atom stereocenters. The molecule has 3 amide bonds. The molecule has 1 aromatic rings. The van der Waals surface area contributed by atoms with Gasteiger partial charge in [-0.25, -0.2) is 13.6 Å². The van der Waals surface area contributed by atoms with E-state index in [0.717, 1.165) is 12.8 Å². The minimum atomic E-state index is -3.21. The highest BCUT2D eigenvalue weighted by molar-refractivity contribution is 5.99. The molecule has 1 aliphatic carbocycles. The van der Waals surface area contributed by atoms with Crippen molar-refractivity contribution in [1.29, 1.82) is 0 Å². The minimum Gasteiger partial charge on any atom is -0.378 e. The second-order valence-corrected chi connectivity index (χ2v) is 7.94. The number of nitrogens with one attached hydrogen (secondary N) is 2. The fraction of sp³-hybridized carbons (Fsp3) is 0.737. The Morgan fingerprint density at radius 2 is 1.87 bits per heavy atom. The van der Waals surface area contributed by atoms with Crippen molar-refractivity contribution >= 4 is 17.7 Å². The molecular weight excluding hydrogens is 416 g/mol. The van der Waals surface area contributed by atoms with Gasteiger partial charge in [0.1, 0.15) is 6.04 Å². The monoisotopic (exact) mass is 443 g/mol. The number of rotatable bonds is 9. The van der Waals surface area contributed by atoms with Gasteiger partial charge in [0, 0.05) is 25.4 Å². The van der Waals surface area contributed by atoms with Crippen LogP contribution in [-0.2, 0) is 9.53 Å². The second kappa shape index (κ2) is 9.67. The number of amides is 3. The van der Waals surface area contributed by atoms with Crippen LogP contribution >= 0.6 is 0 Å². The SMILES string of the molecule is CC[C@H](NC(=O)[C@H](CC(C)(F)F)NC(=O)N1CCOCC1)C(=O)c1nc(C2CC2)no1. The highest BCUT2D eigenvalue weighted by Gasteiger charge is 2.36. The van der Waals surface area contributed by atoms with Crippen LogP contribution in [0.3, 0.4) is 0 Å². The van der Waals surface area contributed by atoms with E-state index in [1.54, 1.807) is 6.92 Å². The molecular formula is C19H27F2N5O5. The van der Waals surface area contributed by atoms with Gasteiger partial charge in [-0.3, -0.25) is 9.59 Å². The number of hydrogen-bond donors (Lipinski definition) is 2. The maximum atomic E-state index is 13.7. The van der Waals surface area contributed by atoms with Crippen molar-refractivity contribution in [2.24, 2.45) is 0 Å². The smallest absolute Gasteiger partial charge is 0.318 e. The van der Waals surface area contributed by atoms with Crippen LogP contribution in [0.5, 0.6) is 0 Å². The molecule has 172 valence electrons. The molecule has 1 aliphatic heterocycles. The van der Waals surface area contributed by atoms with E-state index in [1.165, 1.54) is 4.90 Å². The maximum absolute atomic E-state index is 13.7. The van der Waals surface area contributed by atoms with Crippen molar-refractivity contribution in [3.8, 4) is 0 Å². The molecule has 12 heteroatoms. The Bertz CT molecular complexity index is 802. The number of urea groups is 1. The predicted molar refractivity (Wildman–Crippen MR) is 103 cm³/mol. The lowest BCUT2D eigenvalue weighted by Crippen LogP contribution is -2.56. The lowest BCUT2D eigenvalue weighted by Gasteiger charge is -2.30. The number of alkyl halides is 2. The van der Waals surface area contributed by atoms with E-state index < -0.39 is 42.1 Å². The summed E-state index contributed by atoms with van der Waals surface area (Å²) in [5, 5.41) is 8.58. The Balaban J connectivity index is 1.66. The predicted octanol–water partition coefficient (Wildman–Crippen LogP) is 1.48. The normalized spacial score (nSPS) is 18.9. The van der Waals surface area contributed by atoms with Crippen molar-refractivity contribution in [3.63, 3.8) is 0 Å². The van der Waals surface area contributed by atoms with Gasteiger partial charge in [-0.2, -0.15) is 4.98 Å². The zero-order valence-corrected chi connectivity index (χ0v) is 17.5. The molecule has 3 rings (SSSR count). The third-order valence-corrected chi connectivity index (χ3v) is 5.11. The number of ketones is 1. The van der Waals surface area contributed by atoms with Gasteiger partial charge < -0.3 is 24.8 Å². The molecule has 0 spiro atoms. The summed E-state index contributed by atoms with van der Waals surface area (Å²) >= 11 is 0. The van der Waals surface area contributed by atoms with Crippen LogP contribution in [0.2, 0.25) is 0 Å². The fourth-order valence-corrected chi connectivity index (χ4v) is 3.19. The number of carbonyl (C=O) groups excluding carboxylic acids is 3. The van der Waals surface area contributed by atoms with Crippen LogP contribution in [0.15, 0.2) is 4.52 Å². The van der Waals surface area contributed by atoms with Crippen LogP contribution < -0.4 is 10.6 Å². The lowest BCUT2D eigenvalue weighted by atomic mass is 10.1. The lowest BCUT2D eigenvalue weighted by molar-refractivity contribution is -0.126. The van der Waals surface area contributed by atoms with Gasteiger partial charge in [-0.15, -0.1) is 0 Å². The zero-order chi connectivity index (χ0) is 22.6. The number of aromatic nitrogens is 2. The van der Waals surface area contributed by atoms with Gasteiger partial charge in [0.2, 0.25) is 17.6 Å². The first-order valence-electron chi connectivity index (χ1n) is 10.4. The van der Waals surface area contributed by atoms with Crippen molar-refractivity contribution < 1.29 is 32.4 Å². The van der Waals surface area contributed by atoms with Crippen LogP contribution in [0.1, 0.15) is 62.0 Å². The van der Waals surface area contributed by atoms with Gasteiger partial charge in [0.05, 0.1) is 19.3 Å².